The fourth-order valence-corrected chi connectivity index (χ4v) is 5.55. The third-order valence-corrected chi connectivity index (χ3v) is 7.57. The molecule has 0 saturated carbocycles. The summed E-state index contributed by atoms with van der Waals surface area (Å²) in [6.07, 6.45) is 4.64. The molecule has 2 aliphatic rings. The minimum Gasteiger partial charge on any atom is -0.450 e. The van der Waals surface area contributed by atoms with Crippen molar-refractivity contribution in [3.05, 3.63) is 71.4 Å². The number of carbonyl (C=O) groups excluding carboxylic acids is 3. The number of para-hydroxylation sites is 1. The Hall–Kier alpha value is -3.41. The molecule has 0 bridgehead atoms. The number of hydrogen-bond donors (Lipinski definition) is 0. The predicted octanol–water partition coefficient (Wildman–Crippen LogP) is 4.95. The van der Waals surface area contributed by atoms with E-state index < -0.39 is 5.60 Å². The van der Waals surface area contributed by atoms with Gasteiger partial charge in [-0.25, -0.2) is 4.79 Å². The second-order valence-electron chi connectivity index (χ2n) is 9.39. The third kappa shape index (κ3) is 3.61. The van der Waals surface area contributed by atoms with E-state index in [1.54, 1.807) is 0 Å². The topological polar surface area (TPSA) is 68.6 Å². The number of carbonyl (C=O) groups is 3. The Morgan fingerprint density at radius 1 is 1.00 bits per heavy atom. The van der Waals surface area contributed by atoms with Gasteiger partial charge in [-0.3, -0.25) is 9.59 Å². The number of nitrogens with zero attached hydrogens (tertiary/aromatic N) is 2. The van der Waals surface area contributed by atoms with Gasteiger partial charge in [-0.05, 0) is 25.0 Å². The number of esters is 1. The maximum Gasteiger partial charge on any atom is 0.339 e. The van der Waals surface area contributed by atoms with E-state index in [9.17, 15) is 14.4 Å². The summed E-state index contributed by atoms with van der Waals surface area (Å²) < 4.78 is 7.76. The largest absolute Gasteiger partial charge is 0.450 e. The van der Waals surface area contributed by atoms with Crippen LogP contribution >= 0.6 is 0 Å². The third-order valence-electron chi connectivity index (χ3n) is 7.57. The zero-order valence-corrected chi connectivity index (χ0v) is 19.8. The second kappa shape index (κ2) is 8.75. The maximum atomic E-state index is 13.6. The molecule has 1 fully saturated rings. The lowest BCUT2D eigenvalue weighted by Crippen LogP contribution is -2.45. The van der Waals surface area contributed by atoms with Crippen molar-refractivity contribution in [3.63, 3.8) is 0 Å². The number of ether oxygens (including phenoxy) is 1. The number of benzene rings is 2. The van der Waals surface area contributed by atoms with Crippen LogP contribution in [0.25, 0.3) is 10.9 Å². The van der Waals surface area contributed by atoms with Gasteiger partial charge in [0.15, 0.2) is 5.78 Å². The Kier molecular flexibility index (Phi) is 5.76. The Balaban J connectivity index is 1.38. The quantitative estimate of drug-likeness (QED) is 0.490. The zero-order valence-electron chi connectivity index (χ0n) is 19.8. The standard InChI is InChI=1S/C28H30N2O4/c1-3-19(4-2)25(31)18-30-17-22(20-9-6-8-12-24(20)30)26(32)29-15-13-28(14-16-29)23-11-7-5-10-21(23)27(33)34-28/h5-12,17,19H,3-4,13-16,18H2,1-2H3. The smallest absolute Gasteiger partial charge is 0.339 e. The van der Waals surface area contributed by atoms with Crippen molar-refractivity contribution in [1.82, 2.24) is 9.47 Å². The monoisotopic (exact) mass is 458 g/mol. The Morgan fingerprint density at radius 3 is 2.41 bits per heavy atom. The molecule has 1 spiro atoms. The van der Waals surface area contributed by atoms with Crippen LogP contribution in [-0.2, 0) is 21.7 Å². The molecule has 1 saturated heterocycles. The van der Waals surface area contributed by atoms with Gasteiger partial charge >= 0.3 is 5.97 Å². The average molecular weight is 459 g/mol. The van der Waals surface area contributed by atoms with Crippen molar-refractivity contribution in [1.29, 1.82) is 0 Å². The molecule has 0 unspecified atom stereocenters. The van der Waals surface area contributed by atoms with Crippen LogP contribution in [0.15, 0.2) is 54.7 Å². The first-order chi connectivity index (χ1) is 16.5. The number of rotatable bonds is 6. The lowest BCUT2D eigenvalue weighted by Gasteiger charge is -2.38. The highest BCUT2D eigenvalue weighted by molar-refractivity contribution is 6.07. The number of Topliss-reactive ketones (excluding diaryl/α,β-unsaturated/α-hetero) is 1. The van der Waals surface area contributed by atoms with Gasteiger partial charge in [0.25, 0.3) is 5.91 Å². The van der Waals surface area contributed by atoms with Crippen molar-refractivity contribution in [2.75, 3.05) is 13.1 Å². The molecule has 0 N–H and O–H groups in total. The molecule has 3 aromatic rings. The summed E-state index contributed by atoms with van der Waals surface area (Å²) in [4.78, 5) is 40.6. The first kappa shape index (κ1) is 22.4. The zero-order chi connectivity index (χ0) is 23.9. The van der Waals surface area contributed by atoms with Crippen molar-refractivity contribution in [2.24, 2.45) is 5.92 Å². The molecule has 6 heteroatoms. The summed E-state index contributed by atoms with van der Waals surface area (Å²) in [7, 11) is 0. The van der Waals surface area contributed by atoms with Crippen LogP contribution in [0, 0.1) is 5.92 Å². The van der Waals surface area contributed by atoms with Crippen molar-refractivity contribution < 1.29 is 19.1 Å². The summed E-state index contributed by atoms with van der Waals surface area (Å²) in [6.45, 7) is 5.37. The van der Waals surface area contributed by atoms with Gasteiger partial charge in [-0.15, -0.1) is 0 Å². The molecule has 5 rings (SSSR count). The number of hydrogen-bond acceptors (Lipinski definition) is 4. The molecule has 6 nitrogen and oxygen atoms in total. The molecule has 3 heterocycles. The highest BCUT2D eigenvalue weighted by Gasteiger charge is 2.47. The van der Waals surface area contributed by atoms with Crippen LogP contribution in [0.3, 0.4) is 0 Å². The van der Waals surface area contributed by atoms with Crippen LogP contribution in [0.1, 0.15) is 65.8 Å². The van der Waals surface area contributed by atoms with E-state index in [4.69, 9.17) is 4.74 Å². The Labute approximate surface area is 199 Å². The van der Waals surface area contributed by atoms with Gasteiger partial charge in [0, 0.05) is 54.5 Å². The molecule has 0 aliphatic carbocycles. The van der Waals surface area contributed by atoms with Crippen molar-refractivity contribution in [3.8, 4) is 0 Å². The summed E-state index contributed by atoms with van der Waals surface area (Å²) in [5, 5.41) is 0.864. The van der Waals surface area contributed by atoms with Gasteiger partial charge in [-0.1, -0.05) is 50.2 Å². The van der Waals surface area contributed by atoms with Gasteiger partial charge in [0.2, 0.25) is 0 Å². The maximum absolute atomic E-state index is 13.6. The molecule has 0 atom stereocenters. The van der Waals surface area contributed by atoms with E-state index in [2.05, 4.69) is 0 Å². The average Bonchev–Trinajstić information content (AvgIpc) is 3.36. The molecule has 2 aliphatic heterocycles. The van der Waals surface area contributed by atoms with Gasteiger partial charge in [0.1, 0.15) is 5.60 Å². The molecule has 1 aromatic heterocycles. The molecule has 176 valence electrons. The number of aromatic nitrogens is 1. The molecule has 34 heavy (non-hydrogen) atoms. The Bertz CT molecular complexity index is 1260. The van der Waals surface area contributed by atoms with E-state index in [-0.39, 0.29) is 30.1 Å². The second-order valence-corrected chi connectivity index (χ2v) is 9.39. The molecule has 1 amide bonds. The fraction of sp³-hybridized carbons (Fsp3) is 0.393. The predicted molar refractivity (Wildman–Crippen MR) is 130 cm³/mol. The van der Waals surface area contributed by atoms with E-state index in [1.807, 2.05) is 78.0 Å². The number of ketones is 1. The molecular weight excluding hydrogens is 428 g/mol. The number of piperidine rings is 1. The lowest BCUT2D eigenvalue weighted by molar-refractivity contribution is -0.123. The van der Waals surface area contributed by atoms with Gasteiger partial charge in [0.05, 0.1) is 17.7 Å². The van der Waals surface area contributed by atoms with Crippen molar-refractivity contribution in [2.45, 2.75) is 51.7 Å². The van der Waals surface area contributed by atoms with Gasteiger partial charge < -0.3 is 14.2 Å². The Morgan fingerprint density at radius 2 is 1.68 bits per heavy atom. The van der Waals surface area contributed by atoms with Crippen LogP contribution in [-0.4, -0.2) is 40.2 Å². The SMILES string of the molecule is CCC(CC)C(=O)Cn1cc(C(=O)N2CCC3(CC2)OC(=O)c2ccccc23)c2ccccc21. The first-order valence-electron chi connectivity index (χ1n) is 12.2. The van der Waals surface area contributed by atoms with Crippen molar-refractivity contribution >= 4 is 28.6 Å². The lowest BCUT2D eigenvalue weighted by atomic mass is 9.83. The number of fused-ring (bicyclic) bond motifs is 3. The minimum absolute atomic E-state index is 0.0376. The first-order valence-corrected chi connectivity index (χ1v) is 12.2. The van der Waals surface area contributed by atoms with Crippen LogP contribution < -0.4 is 0 Å². The van der Waals surface area contributed by atoms with E-state index in [1.165, 1.54) is 0 Å². The van der Waals surface area contributed by atoms with Gasteiger partial charge in [-0.2, -0.15) is 0 Å². The summed E-state index contributed by atoms with van der Waals surface area (Å²) >= 11 is 0. The number of amides is 1. The molecule has 2 aromatic carbocycles. The van der Waals surface area contributed by atoms with Crippen LogP contribution in [0.5, 0.6) is 0 Å². The van der Waals surface area contributed by atoms with Crippen LogP contribution in [0.2, 0.25) is 0 Å². The normalized spacial score (nSPS) is 16.8. The highest BCUT2D eigenvalue weighted by atomic mass is 16.6. The summed E-state index contributed by atoms with van der Waals surface area (Å²) in [5.41, 5.74) is 2.45. The minimum atomic E-state index is -0.639. The highest BCUT2D eigenvalue weighted by Crippen LogP contribution is 2.44. The van der Waals surface area contributed by atoms with Crippen LogP contribution in [0.4, 0.5) is 0 Å². The summed E-state index contributed by atoms with van der Waals surface area (Å²) in [5.74, 6) is -0.0834. The van der Waals surface area contributed by atoms with E-state index >= 15 is 0 Å². The molecule has 0 radical (unpaired) electrons. The molecular formula is C28H30N2O4. The van der Waals surface area contributed by atoms with E-state index in [0.29, 0.717) is 37.1 Å². The number of likely N-dealkylation sites (tertiary alicyclic amines) is 1. The summed E-state index contributed by atoms with van der Waals surface area (Å²) in [6, 6.07) is 15.3. The fourth-order valence-electron chi connectivity index (χ4n) is 5.55. The van der Waals surface area contributed by atoms with E-state index in [0.717, 1.165) is 29.3 Å².